The molecule has 2 aromatic rings. The summed E-state index contributed by atoms with van der Waals surface area (Å²) in [5.41, 5.74) is 0.458. The van der Waals surface area contributed by atoms with E-state index in [4.69, 9.17) is 8.85 Å². The van der Waals surface area contributed by atoms with Gasteiger partial charge in [0.05, 0.1) is 17.3 Å². The predicted molar refractivity (Wildman–Crippen MR) is 97.4 cm³/mol. The molecule has 1 aliphatic carbocycles. The molecule has 0 amide bonds. The molecule has 0 N–H and O–H groups in total. The molecule has 1 aliphatic rings. The van der Waals surface area contributed by atoms with E-state index >= 15 is 0 Å². The largest absolute Gasteiger partial charge is 0.380 e. The lowest BCUT2D eigenvalue weighted by molar-refractivity contribution is 0.138. The molecule has 5 nitrogen and oxygen atoms in total. The molecule has 0 radical (unpaired) electrons. The first-order chi connectivity index (χ1) is 13.2. The van der Waals surface area contributed by atoms with Crippen LogP contribution < -0.4 is 5.56 Å². The van der Waals surface area contributed by atoms with Crippen LogP contribution in [0.1, 0.15) is 23.8 Å². The third-order valence-corrected chi connectivity index (χ3v) is 5.96. The zero-order chi connectivity index (χ0) is 20.4. The van der Waals surface area contributed by atoms with Gasteiger partial charge in [0.1, 0.15) is 0 Å². The Balaban J connectivity index is 1.87. The molecule has 0 aliphatic heterocycles. The fraction of sp³-hybridized carbons (Fsp3) is 0.421. The quantitative estimate of drug-likeness (QED) is 0.676. The number of hydrogen-bond donors (Lipinski definition) is 0. The van der Waals surface area contributed by atoms with E-state index in [1.54, 1.807) is 18.2 Å². The highest BCUT2D eigenvalue weighted by Gasteiger charge is 2.23. The molecule has 0 atom stereocenters. The predicted octanol–water partition coefficient (Wildman–Crippen LogP) is 2.74. The van der Waals surface area contributed by atoms with Gasteiger partial charge in [0.25, 0.3) is 5.56 Å². The number of sulfone groups is 1. The second-order valence-electron chi connectivity index (χ2n) is 6.22. The van der Waals surface area contributed by atoms with Crippen molar-refractivity contribution in [1.82, 2.24) is 4.57 Å². The van der Waals surface area contributed by atoms with Gasteiger partial charge < -0.3 is 9.30 Å². The van der Waals surface area contributed by atoms with E-state index in [1.165, 1.54) is 24.4 Å². The standard InChI is InChI=1S/C19H23NO4S/c1-2-20-13-16(9-10-19(20)21)17-5-3-4-6-18(17)25(22,23)12-11-24-14-15-7-8-15/h3-6,9-10,13,15H,2,7-8,11-12,14H2,1H3/i1D3. The summed E-state index contributed by atoms with van der Waals surface area (Å²) in [7, 11) is -3.60. The minimum absolute atomic E-state index is 0.131. The van der Waals surface area contributed by atoms with Crippen LogP contribution >= 0.6 is 0 Å². The first-order valence-electron chi connectivity index (χ1n) is 9.76. The fourth-order valence-electron chi connectivity index (χ4n) is 2.60. The van der Waals surface area contributed by atoms with Crippen LogP contribution in [0.5, 0.6) is 0 Å². The van der Waals surface area contributed by atoms with Gasteiger partial charge in [-0.3, -0.25) is 4.79 Å². The van der Waals surface area contributed by atoms with Crippen molar-refractivity contribution in [3.8, 4) is 11.1 Å². The second-order valence-corrected chi connectivity index (χ2v) is 8.29. The lowest BCUT2D eigenvalue weighted by Gasteiger charge is -2.12. The molecule has 0 bridgehead atoms. The van der Waals surface area contributed by atoms with Gasteiger partial charge in [-0.05, 0) is 43.3 Å². The Hall–Kier alpha value is -1.92. The van der Waals surface area contributed by atoms with Crippen LogP contribution in [-0.2, 0) is 21.1 Å². The van der Waals surface area contributed by atoms with Crippen LogP contribution in [0.15, 0.2) is 52.3 Å². The molecule has 134 valence electrons. The molecule has 0 unspecified atom stereocenters. The monoisotopic (exact) mass is 364 g/mol. The van der Waals surface area contributed by atoms with Crippen molar-refractivity contribution in [3.63, 3.8) is 0 Å². The Morgan fingerprint density at radius 3 is 2.80 bits per heavy atom. The van der Waals surface area contributed by atoms with Crippen LogP contribution in [-0.4, -0.2) is 32.0 Å². The minimum atomic E-state index is -3.60. The van der Waals surface area contributed by atoms with E-state index in [0.717, 1.165) is 17.4 Å². The van der Waals surface area contributed by atoms with E-state index in [2.05, 4.69) is 0 Å². The maximum Gasteiger partial charge on any atom is 0.250 e. The van der Waals surface area contributed by atoms with Crippen molar-refractivity contribution in [3.05, 3.63) is 52.9 Å². The average Bonchev–Trinajstić information content (AvgIpc) is 3.44. The van der Waals surface area contributed by atoms with Gasteiger partial charge in [-0.1, -0.05) is 18.2 Å². The van der Waals surface area contributed by atoms with E-state index < -0.39 is 28.8 Å². The topological polar surface area (TPSA) is 65.4 Å². The number of pyridine rings is 1. The van der Waals surface area contributed by atoms with Crippen LogP contribution in [0.2, 0.25) is 0 Å². The van der Waals surface area contributed by atoms with Crippen molar-refractivity contribution < 1.29 is 17.3 Å². The highest BCUT2D eigenvalue weighted by molar-refractivity contribution is 7.91. The van der Waals surface area contributed by atoms with E-state index in [-0.39, 0.29) is 17.3 Å². The Morgan fingerprint density at radius 2 is 2.04 bits per heavy atom. The molecule has 1 aromatic carbocycles. The molecule has 6 heteroatoms. The molecule has 1 aromatic heterocycles. The highest BCUT2D eigenvalue weighted by Crippen LogP contribution is 2.29. The molecule has 1 saturated carbocycles. The summed E-state index contributed by atoms with van der Waals surface area (Å²) in [6, 6.07) is 9.28. The van der Waals surface area contributed by atoms with Crippen LogP contribution in [0.4, 0.5) is 0 Å². The minimum Gasteiger partial charge on any atom is -0.380 e. The smallest absolute Gasteiger partial charge is 0.250 e. The lowest BCUT2D eigenvalue weighted by Crippen LogP contribution is -2.18. The van der Waals surface area contributed by atoms with Crippen LogP contribution in [0.25, 0.3) is 11.1 Å². The summed E-state index contributed by atoms with van der Waals surface area (Å²) in [5.74, 6) is 0.431. The first kappa shape index (κ1) is 14.3. The van der Waals surface area contributed by atoms with Crippen LogP contribution in [0, 0.1) is 5.92 Å². The van der Waals surface area contributed by atoms with E-state index in [0.29, 0.717) is 23.7 Å². The number of rotatable bonds is 8. The normalized spacial score (nSPS) is 16.9. The summed E-state index contributed by atoms with van der Waals surface area (Å²) in [6.07, 6.45) is 3.68. The number of nitrogens with zero attached hydrogens (tertiary/aromatic N) is 1. The third kappa shape index (κ3) is 4.38. The third-order valence-electron chi connectivity index (χ3n) is 4.23. The summed E-state index contributed by atoms with van der Waals surface area (Å²) in [5, 5.41) is 0. The molecule has 25 heavy (non-hydrogen) atoms. The van der Waals surface area contributed by atoms with E-state index in [1.807, 2.05) is 0 Å². The number of ether oxygens (including phenoxy) is 1. The fourth-order valence-corrected chi connectivity index (χ4v) is 3.97. The molecular weight excluding hydrogens is 338 g/mol. The number of aryl methyl sites for hydroxylation is 1. The van der Waals surface area contributed by atoms with Gasteiger partial charge in [-0.25, -0.2) is 8.42 Å². The molecule has 1 fully saturated rings. The Labute approximate surface area is 152 Å². The maximum absolute atomic E-state index is 12.8. The van der Waals surface area contributed by atoms with Gasteiger partial charge in [-0.15, -0.1) is 0 Å². The summed E-state index contributed by atoms with van der Waals surface area (Å²) >= 11 is 0. The molecule has 3 rings (SSSR count). The Morgan fingerprint density at radius 1 is 1.24 bits per heavy atom. The zero-order valence-electron chi connectivity index (χ0n) is 16.8. The molecule has 1 heterocycles. The average molecular weight is 364 g/mol. The summed E-state index contributed by atoms with van der Waals surface area (Å²) in [4.78, 5) is 12.1. The van der Waals surface area contributed by atoms with Crippen LogP contribution in [0.3, 0.4) is 0 Å². The van der Waals surface area contributed by atoms with Gasteiger partial charge >= 0.3 is 0 Å². The van der Waals surface area contributed by atoms with Crippen molar-refractivity contribution in [2.75, 3.05) is 19.0 Å². The van der Waals surface area contributed by atoms with Crippen molar-refractivity contribution in [2.24, 2.45) is 5.92 Å². The van der Waals surface area contributed by atoms with Crippen molar-refractivity contribution in [1.29, 1.82) is 0 Å². The van der Waals surface area contributed by atoms with Crippen molar-refractivity contribution >= 4 is 9.84 Å². The van der Waals surface area contributed by atoms with E-state index in [9.17, 15) is 13.2 Å². The zero-order valence-corrected chi connectivity index (χ0v) is 14.7. The summed E-state index contributed by atoms with van der Waals surface area (Å²) in [6.45, 7) is -2.03. The first-order valence-corrected chi connectivity index (χ1v) is 9.91. The number of aromatic nitrogens is 1. The molecule has 0 spiro atoms. The molecule has 0 saturated heterocycles. The lowest BCUT2D eigenvalue weighted by atomic mass is 10.1. The van der Waals surface area contributed by atoms with Gasteiger partial charge in [-0.2, -0.15) is 0 Å². The Kier molecular flexibility index (Phi) is 4.30. The second kappa shape index (κ2) is 7.54. The molecular formula is C19H23NO4S. The highest BCUT2D eigenvalue weighted by atomic mass is 32.2. The maximum atomic E-state index is 12.8. The number of hydrogen-bond acceptors (Lipinski definition) is 4. The van der Waals surface area contributed by atoms with Crippen molar-refractivity contribution in [2.45, 2.75) is 31.1 Å². The Bertz CT molecular complexity index is 995. The number of benzene rings is 1. The van der Waals surface area contributed by atoms with Gasteiger partial charge in [0.15, 0.2) is 9.84 Å². The summed E-state index contributed by atoms with van der Waals surface area (Å²) < 4.78 is 54.3. The van der Waals surface area contributed by atoms with Gasteiger partial charge in [0.2, 0.25) is 0 Å². The SMILES string of the molecule is [2H]C([2H])([2H])Cn1cc(-c2ccccc2S(=O)(=O)CCOCC2CC2)ccc1=O. The van der Waals surface area contributed by atoms with Gasteiger partial charge in [0, 0.05) is 35.1 Å².